The Morgan fingerprint density at radius 1 is 1.47 bits per heavy atom. The van der Waals surface area contributed by atoms with E-state index in [0.717, 1.165) is 24.3 Å². The van der Waals surface area contributed by atoms with Crippen LogP contribution in [0.15, 0.2) is 18.2 Å². The Labute approximate surface area is 108 Å². The van der Waals surface area contributed by atoms with Gasteiger partial charge in [-0.25, -0.2) is 0 Å². The van der Waals surface area contributed by atoms with Crippen LogP contribution in [0.3, 0.4) is 0 Å². The zero-order valence-electron chi connectivity index (χ0n) is 10.6. The van der Waals surface area contributed by atoms with Crippen LogP contribution in [-0.2, 0) is 4.74 Å². The van der Waals surface area contributed by atoms with Gasteiger partial charge in [0.25, 0.3) is 0 Å². The number of ether oxygens (including phenoxy) is 1. The van der Waals surface area contributed by atoms with Crippen molar-refractivity contribution in [2.24, 2.45) is 0 Å². The van der Waals surface area contributed by atoms with Crippen molar-refractivity contribution >= 4 is 17.3 Å². The number of hydrogen-bond donors (Lipinski definition) is 1. The molecule has 96 valence electrons. The number of benzene rings is 1. The molecule has 1 N–H and O–H groups in total. The maximum Gasteiger partial charge on any atom is 0.0762 e. The predicted molar refractivity (Wildman–Crippen MR) is 71.8 cm³/mol. The molecule has 0 aliphatic rings. The van der Waals surface area contributed by atoms with Gasteiger partial charge < -0.3 is 14.7 Å². The third kappa shape index (κ3) is 3.87. The first-order valence-electron chi connectivity index (χ1n) is 5.81. The number of anilines is 1. The van der Waals surface area contributed by atoms with Gasteiger partial charge in [-0.3, -0.25) is 0 Å². The van der Waals surface area contributed by atoms with E-state index in [1.807, 2.05) is 18.2 Å². The van der Waals surface area contributed by atoms with Crippen molar-refractivity contribution in [2.75, 3.05) is 31.7 Å². The summed E-state index contributed by atoms with van der Waals surface area (Å²) in [5.74, 6) is 0. The summed E-state index contributed by atoms with van der Waals surface area (Å²) < 4.78 is 5.07. The SMILES string of the molecule is CCN(CCOC)c1ccc([C@H](C)O)cc1Cl. The summed E-state index contributed by atoms with van der Waals surface area (Å²) in [7, 11) is 1.69. The van der Waals surface area contributed by atoms with Gasteiger partial charge in [-0.05, 0) is 31.5 Å². The van der Waals surface area contributed by atoms with Gasteiger partial charge >= 0.3 is 0 Å². The lowest BCUT2D eigenvalue weighted by Crippen LogP contribution is -2.27. The lowest BCUT2D eigenvalue weighted by molar-refractivity contribution is 0.199. The molecule has 1 aromatic carbocycles. The standard InChI is InChI=1S/C13H20ClNO2/c1-4-15(7-8-17-3)13-6-5-11(10(2)16)9-12(13)14/h5-6,9-10,16H,4,7-8H2,1-3H3/t10-/m0/s1. The van der Waals surface area contributed by atoms with Crippen LogP contribution in [-0.4, -0.2) is 31.9 Å². The molecule has 1 rings (SSSR count). The van der Waals surface area contributed by atoms with Crippen LogP contribution in [0.2, 0.25) is 5.02 Å². The molecule has 0 aliphatic carbocycles. The second-order valence-corrected chi connectivity index (χ2v) is 4.37. The van der Waals surface area contributed by atoms with Gasteiger partial charge in [-0.1, -0.05) is 17.7 Å². The van der Waals surface area contributed by atoms with Gasteiger partial charge in [-0.15, -0.1) is 0 Å². The number of aliphatic hydroxyl groups excluding tert-OH is 1. The third-order valence-electron chi connectivity index (χ3n) is 2.74. The lowest BCUT2D eigenvalue weighted by Gasteiger charge is -2.24. The van der Waals surface area contributed by atoms with Crippen molar-refractivity contribution in [2.45, 2.75) is 20.0 Å². The average Bonchev–Trinajstić information content (AvgIpc) is 2.31. The molecule has 0 aliphatic heterocycles. The van der Waals surface area contributed by atoms with Gasteiger partial charge in [0.1, 0.15) is 0 Å². The molecule has 0 saturated carbocycles. The van der Waals surface area contributed by atoms with E-state index in [-0.39, 0.29) is 0 Å². The highest BCUT2D eigenvalue weighted by Gasteiger charge is 2.10. The van der Waals surface area contributed by atoms with Crippen LogP contribution < -0.4 is 4.90 Å². The topological polar surface area (TPSA) is 32.7 Å². The first-order valence-corrected chi connectivity index (χ1v) is 6.19. The van der Waals surface area contributed by atoms with Crippen molar-refractivity contribution in [1.29, 1.82) is 0 Å². The van der Waals surface area contributed by atoms with Gasteiger partial charge in [0.15, 0.2) is 0 Å². The summed E-state index contributed by atoms with van der Waals surface area (Å²) in [5.41, 5.74) is 1.82. The van der Waals surface area contributed by atoms with E-state index >= 15 is 0 Å². The minimum atomic E-state index is -0.490. The van der Waals surface area contributed by atoms with E-state index in [1.54, 1.807) is 14.0 Å². The van der Waals surface area contributed by atoms with Crippen molar-refractivity contribution in [3.05, 3.63) is 28.8 Å². The predicted octanol–water partition coefficient (Wildman–Crippen LogP) is 2.87. The second kappa shape index (κ2) is 6.84. The maximum absolute atomic E-state index is 9.48. The molecule has 0 spiro atoms. The van der Waals surface area contributed by atoms with Crippen LogP contribution in [0.1, 0.15) is 25.5 Å². The number of halogens is 1. The second-order valence-electron chi connectivity index (χ2n) is 3.96. The first kappa shape index (κ1) is 14.3. The molecule has 1 atom stereocenters. The number of methoxy groups -OCH3 is 1. The Morgan fingerprint density at radius 2 is 2.18 bits per heavy atom. The van der Waals surface area contributed by atoms with Crippen LogP contribution >= 0.6 is 11.6 Å². The molecule has 4 heteroatoms. The lowest BCUT2D eigenvalue weighted by atomic mass is 10.1. The molecule has 0 radical (unpaired) electrons. The third-order valence-corrected chi connectivity index (χ3v) is 3.04. The quantitative estimate of drug-likeness (QED) is 0.851. The zero-order chi connectivity index (χ0) is 12.8. The van der Waals surface area contributed by atoms with E-state index in [4.69, 9.17) is 16.3 Å². The molecular weight excluding hydrogens is 238 g/mol. The van der Waals surface area contributed by atoms with Crippen LogP contribution in [0.4, 0.5) is 5.69 Å². The van der Waals surface area contributed by atoms with E-state index < -0.39 is 6.10 Å². The van der Waals surface area contributed by atoms with Crippen molar-refractivity contribution in [3.8, 4) is 0 Å². The average molecular weight is 258 g/mol. The molecule has 1 aromatic rings. The smallest absolute Gasteiger partial charge is 0.0762 e. The Balaban J connectivity index is 2.88. The number of nitrogens with zero attached hydrogens (tertiary/aromatic N) is 1. The molecule has 17 heavy (non-hydrogen) atoms. The summed E-state index contributed by atoms with van der Waals surface area (Å²) >= 11 is 6.23. The maximum atomic E-state index is 9.48. The number of aliphatic hydroxyl groups is 1. The molecule has 0 unspecified atom stereocenters. The molecule has 0 bridgehead atoms. The summed E-state index contributed by atoms with van der Waals surface area (Å²) in [4.78, 5) is 2.15. The van der Waals surface area contributed by atoms with Gasteiger partial charge in [0, 0.05) is 20.2 Å². The van der Waals surface area contributed by atoms with Crippen LogP contribution in [0, 0.1) is 0 Å². The Hall–Kier alpha value is -0.770. The summed E-state index contributed by atoms with van der Waals surface area (Å²) in [6.07, 6.45) is -0.490. The Morgan fingerprint density at radius 3 is 2.65 bits per heavy atom. The summed E-state index contributed by atoms with van der Waals surface area (Å²) in [6.45, 7) is 6.16. The normalized spacial score (nSPS) is 12.5. The van der Waals surface area contributed by atoms with E-state index in [0.29, 0.717) is 11.6 Å². The molecule has 0 saturated heterocycles. The summed E-state index contributed by atoms with van der Waals surface area (Å²) in [6, 6.07) is 5.67. The fourth-order valence-corrected chi connectivity index (χ4v) is 2.00. The summed E-state index contributed by atoms with van der Waals surface area (Å²) in [5, 5.41) is 10.2. The van der Waals surface area contributed by atoms with Crippen molar-refractivity contribution in [1.82, 2.24) is 0 Å². The van der Waals surface area contributed by atoms with Crippen molar-refractivity contribution < 1.29 is 9.84 Å². The molecular formula is C13H20ClNO2. The monoisotopic (exact) mass is 257 g/mol. The van der Waals surface area contributed by atoms with Gasteiger partial charge in [-0.2, -0.15) is 0 Å². The van der Waals surface area contributed by atoms with E-state index in [2.05, 4.69) is 11.8 Å². The molecule has 3 nitrogen and oxygen atoms in total. The zero-order valence-corrected chi connectivity index (χ0v) is 11.4. The van der Waals surface area contributed by atoms with Crippen LogP contribution in [0.25, 0.3) is 0 Å². The molecule has 0 heterocycles. The van der Waals surface area contributed by atoms with E-state index in [9.17, 15) is 5.11 Å². The number of hydrogen-bond acceptors (Lipinski definition) is 3. The highest BCUT2D eigenvalue weighted by atomic mass is 35.5. The Kier molecular flexibility index (Phi) is 5.75. The van der Waals surface area contributed by atoms with Gasteiger partial charge in [0.2, 0.25) is 0 Å². The van der Waals surface area contributed by atoms with Crippen LogP contribution in [0.5, 0.6) is 0 Å². The highest BCUT2D eigenvalue weighted by Crippen LogP contribution is 2.28. The first-order chi connectivity index (χ1) is 8.10. The minimum Gasteiger partial charge on any atom is -0.389 e. The molecule has 0 aromatic heterocycles. The minimum absolute atomic E-state index is 0.490. The molecule has 0 amide bonds. The largest absolute Gasteiger partial charge is 0.389 e. The number of rotatable bonds is 6. The highest BCUT2D eigenvalue weighted by molar-refractivity contribution is 6.33. The number of likely N-dealkylation sites (N-methyl/N-ethyl adjacent to an activating group) is 1. The fraction of sp³-hybridized carbons (Fsp3) is 0.538. The van der Waals surface area contributed by atoms with Gasteiger partial charge in [0.05, 0.1) is 23.4 Å². The van der Waals surface area contributed by atoms with Crippen molar-refractivity contribution in [3.63, 3.8) is 0 Å². The fourth-order valence-electron chi connectivity index (χ4n) is 1.69. The van der Waals surface area contributed by atoms with E-state index in [1.165, 1.54) is 0 Å². The molecule has 0 fully saturated rings. The Bertz CT molecular complexity index is 355.